The first-order chi connectivity index (χ1) is 51.2. The number of methoxy groups -OCH3 is 6. The second-order valence-corrected chi connectivity index (χ2v) is 23.0. The van der Waals surface area contributed by atoms with Crippen molar-refractivity contribution in [3.8, 4) is 64.8 Å². The molecule has 0 N–H and O–H groups in total. The van der Waals surface area contributed by atoms with E-state index in [9.17, 15) is 24.0 Å². The molecule has 0 aliphatic rings. The van der Waals surface area contributed by atoms with Crippen LogP contribution in [0.3, 0.4) is 0 Å². The van der Waals surface area contributed by atoms with Crippen molar-refractivity contribution in [2.24, 2.45) is 0 Å². The molecule has 0 amide bonds. The monoisotopic (exact) mass is 1400 g/mol. The molecule has 0 heterocycles. The van der Waals surface area contributed by atoms with Crippen LogP contribution in [0.5, 0.6) is 34.5 Å². The number of rotatable bonds is 21. The molecule has 0 saturated carbocycles. The first-order valence-corrected chi connectivity index (χ1v) is 32.7. The van der Waals surface area contributed by atoms with Crippen LogP contribution in [0, 0.1) is 84.4 Å². The van der Waals surface area contributed by atoms with Gasteiger partial charge >= 0.3 is 0 Å². The summed E-state index contributed by atoms with van der Waals surface area (Å²) in [5.74, 6) is 2.72. The van der Waals surface area contributed by atoms with Gasteiger partial charge in [0, 0.05) is 11.1 Å². The number of carbonyl (C=O) groups excluding carboxylic acids is 5. The van der Waals surface area contributed by atoms with Crippen molar-refractivity contribution >= 4 is 59.3 Å². The van der Waals surface area contributed by atoms with Crippen LogP contribution in [0.15, 0.2) is 243 Å². The van der Waals surface area contributed by atoms with Crippen molar-refractivity contribution in [3.05, 3.63) is 348 Å². The van der Waals surface area contributed by atoms with Crippen LogP contribution < -0.4 is 28.4 Å². The Morgan fingerprint density at radius 1 is 0.283 bits per heavy atom. The van der Waals surface area contributed by atoms with Crippen molar-refractivity contribution in [2.75, 3.05) is 42.7 Å². The molecule has 10 rings (SSSR count). The molecular weight excluding hydrogens is 1330 g/mol. The number of nitriles is 5. The Labute approximate surface area is 618 Å². The third kappa shape index (κ3) is 25.0. The van der Waals surface area contributed by atoms with Crippen LogP contribution in [0.4, 0.5) is 0 Å². The molecule has 0 saturated heterocycles. The molecule has 10 aromatic carbocycles. The topological polar surface area (TPSA) is 260 Å². The van der Waals surface area contributed by atoms with E-state index in [2.05, 4.69) is 30.3 Å². The summed E-state index contributed by atoms with van der Waals surface area (Å²) < 4.78 is 31.3. The lowest BCUT2D eigenvalue weighted by Crippen LogP contribution is -2.02. The number of hydrogen-bond donors (Lipinski definition) is 0. The summed E-state index contributed by atoms with van der Waals surface area (Å²) in [7, 11) is 9.26. The van der Waals surface area contributed by atoms with Gasteiger partial charge in [-0.2, -0.15) is 26.3 Å². The van der Waals surface area contributed by atoms with Crippen LogP contribution in [-0.2, 0) is 0 Å². The molecule has 0 aliphatic heterocycles. The molecule has 0 bridgehead atoms. The van der Waals surface area contributed by atoms with Gasteiger partial charge in [0.2, 0.25) is 0 Å². The smallest absolute Gasteiger partial charge is 0.193 e. The number of aryl methyl sites for hydroxylation is 4. The Hall–Kier alpha value is -14.5. The molecular formula is C90H75N5O11. The Balaban J connectivity index is 0.000000208. The highest BCUT2D eigenvalue weighted by atomic mass is 16.5. The molecule has 526 valence electrons. The van der Waals surface area contributed by atoms with Crippen molar-refractivity contribution in [1.29, 1.82) is 26.3 Å². The van der Waals surface area contributed by atoms with Crippen molar-refractivity contribution < 1.29 is 52.4 Å². The van der Waals surface area contributed by atoms with E-state index in [0.29, 0.717) is 90.1 Å². The summed E-state index contributed by atoms with van der Waals surface area (Å²) in [6.45, 7) is 7.71. The minimum absolute atomic E-state index is 0.0978. The number of ketones is 5. The predicted octanol–water partition coefficient (Wildman–Crippen LogP) is 18.6. The quantitative estimate of drug-likeness (QED) is 0.0478. The van der Waals surface area contributed by atoms with Gasteiger partial charge < -0.3 is 28.4 Å². The van der Waals surface area contributed by atoms with E-state index in [1.165, 1.54) is 44.6 Å². The van der Waals surface area contributed by atoms with Crippen molar-refractivity contribution in [2.45, 2.75) is 27.7 Å². The molecule has 0 spiro atoms. The average molecular weight is 1400 g/mol. The standard InChI is InChI=1S/C18H15NO3.4C18H15NO2/c1-21-16-7-4-8-17(22-2)18(16)15(20)10-9-13-5-3-6-14(11-13)12-19;1-13-6-9-18(21-2)16(10-13)17(20)8-7-14-4-3-5-15(11-14)12-19;1-13-6-8-16(11-18(13)21-2)17(20)9-7-14-4-3-5-15(10-14)12-19;1-13-6-8-16(18(10-13)21-2)17(20)9-7-14-4-3-5-15(11-14)12-19;1-13-8-16(11-17(9-13)21-2)18(20)7-6-14-4-3-5-15(10-14)12-19/h3-11H,1-2H3;4*3-11H,1-2H3/b10-9+;8-7+;2*9-7+;7-6+. The molecule has 16 nitrogen and oxygen atoms in total. The molecule has 16 heteroatoms. The number of carbonyl (C=O) groups is 5. The van der Waals surface area contributed by atoms with Crippen LogP contribution in [0.25, 0.3) is 30.4 Å². The first-order valence-electron chi connectivity index (χ1n) is 32.7. The van der Waals surface area contributed by atoms with Crippen LogP contribution >= 0.6 is 0 Å². The van der Waals surface area contributed by atoms with Gasteiger partial charge in [0.25, 0.3) is 0 Å². The van der Waals surface area contributed by atoms with Gasteiger partial charge in [-0.25, -0.2) is 0 Å². The summed E-state index contributed by atoms with van der Waals surface area (Å²) in [6.07, 6.45) is 15.9. The van der Waals surface area contributed by atoms with Gasteiger partial charge in [0.15, 0.2) is 28.9 Å². The second-order valence-electron chi connectivity index (χ2n) is 23.0. The first kappa shape index (κ1) is 80.5. The van der Waals surface area contributed by atoms with E-state index < -0.39 is 0 Å². The fourth-order valence-corrected chi connectivity index (χ4v) is 9.97. The lowest BCUT2D eigenvalue weighted by atomic mass is 10.0. The predicted molar refractivity (Wildman–Crippen MR) is 413 cm³/mol. The maximum Gasteiger partial charge on any atom is 0.193 e. The van der Waals surface area contributed by atoms with E-state index in [1.54, 1.807) is 204 Å². The Morgan fingerprint density at radius 2 is 0.651 bits per heavy atom. The fourth-order valence-electron chi connectivity index (χ4n) is 9.97. The highest BCUT2D eigenvalue weighted by molar-refractivity contribution is 6.11. The highest BCUT2D eigenvalue weighted by Crippen LogP contribution is 2.30. The molecule has 0 aliphatic carbocycles. The largest absolute Gasteiger partial charge is 0.497 e. The Bertz CT molecular complexity index is 5190. The maximum atomic E-state index is 12.4. The molecule has 106 heavy (non-hydrogen) atoms. The van der Waals surface area contributed by atoms with Gasteiger partial charge in [0.05, 0.1) is 112 Å². The molecule has 0 radical (unpaired) electrons. The van der Waals surface area contributed by atoms with Gasteiger partial charge in [0.1, 0.15) is 40.1 Å². The number of allylic oxidation sites excluding steroid dienone is 5. The minimum Gasteiger partial charge on any atom is -0.497 e. The number of nitrogens with zero attached hydrogens (tertiary/aromatic N) is 5. The average Bonchev–Trinajstić information content (AvgIpc) is 0.835. The van der Waals surface area contributed by atoms with Crippen LogP contribution in [0.2, 0.25) is 0 Å². The Kier molecular flexibility index (Phi) is 31.8. The Morgan fingerprint density at radius 3 is 1.06 bits per heavy atom. The number of ether oxygens (including phenoxy) is 6. The zero-order valence-electron chi connectivity index (χ0n) is 60.2. The zero-order chi connectivity index (χ0) is 76.9. The SMILES string of the molecule is COc1cc(C(=O)/C=C/c2cccc(C#N)c2)ccc1C.COc1cc(C)cc(C(=O)/C=C/c2cccc(C#N)c2)c1.COc1cc(C)ccc1C(=O)/C=C/c1cccc(C#N)c1.COc1ccc(C)cc1C(=O)/C=C/c1cccc(C#N)c1.COc1cccc(OC)c1C(=O)/C=C/c1cccc(C#N)c1. The van der Waals surface area contributed by atoms with E-state index in [1.807, 2.05) is 94.4 Å². The molecule has 0 atom stereocenters. The normalized spacial score (nSPS) is 10.3. The summed E-state index contributed by atoms with van der Waals surface area (Å²) in [6, 6.07) is 72.6. The fraction of sp³-hybridized carbons (Fsp3) is 0.111. The van der Waals surface area contributed by atoms with Crippen molar-refractivity contribution in [1.82, 2.24) is 0 Å². The summed E-state index contributed by atoms with van der Waals surface area (Å²) >= 11 is 0. The number of benzene rings is 10. The van der Waals surface area contributed by atoms with Gasteiger partial charge in [-0.15, -0.1) is 0 Å². The number of hydrogen-bond acceptors (Lipinski definition) is 16. The van der Waals surface area contributed by atoms with E-state index in [0.717, 1.165) is 50.1 Å². The minimum atomic E-state index is -0.225. The molecule has 0 fully saturated rings. The van der Waals surface area contributed by atoms with Crippen LogP contribution in [-0.4, -0.2) is 71.6 Å². The molecule has 10 aromatic rings. The third-order valence-electron chi connectivity index (χ3n) is 15.4. The van der Waals surface area contributed by atoms with Crippen LogP contribution in [0.1, 0.15) is 130 Å². The maximum absolute atomic E-state index is 12.4. The van der Waals surface area contributed by atoms with Gasteiger partial charge in [-0.1, -0.05) is 127 Å². The van der Waals surface area contributed by atoms with E-state index >= 15 is 0 Å². The summed E-state index contributed by atoms with van der Waals surface area (Å²) in [5.41, 5.74) is 13.5. The van der Waals surface area contributed by atoms with Gasteiger partial charge in [-0.05, 0) is 224 Å². The van der Waals surface area contributed by atoms with E-state index in [-0.39, 0.29) is 28.9 Å². The lowest BCUT2D eigenvalue weighted by molar-refractivity contribution is 0.103. The summed E-state index contributed by atoms with van der Waals surface area (Å²) in [5, 5.41) is 44.3. The van der Waals surface area contributed by atoms with Crippen molar-refractivity contribution in [3.63, 3.8) is 0 Å². The molecule has 0 aromatic heterocycles. The second kappa shape index (κ2) is 41.9. The summed E-state index contributed by atoms with van der Waals surface area (Å²) in [4.78, 5) is 61.3. The van der Waals surface area contributed by atoms with Gasteiger partial charge in [-0.3, -0.25) is 24.0 Å². The third-order valence-corrected chi connectivity index (χ3v) is 15.4. The molecule has 0 unspecified atom stereocenters. The van der Waals surface area contributed by atoms with E-state index in [4.69, 9.17) is 54.7 Å². The highest BCUT2D eigenvalue weighted by Gasteiger charge is 2.17. The lowest BCUT2D eigenvalue weighted by Gasteiger charge is -2.10. The zero-order valence-corrected chi connectivity index (χ0v) is 60.2.